The Kier molecular flexibility index (Phi) is 14.8. The van der Waals surface area contributed by atoms with Crippen LogP contribution in [0, 0.1) is 50.7 Å². The van der Waals surface area contributed by atoms with Crippen LogP contribution in [0.4, 0.5) is 0 Å². The highest BCUT2D eigenvalue weighted by Gasteiger charge is 2.85. The van der Waals surface area contributed by atoms with Crippen LogP contribution in [-0.4, -0.2) is 213 Å². The van der Waals surface area contributed by atoms with E-state index in [0.29, 0.717) is 32.1 Å². The lowest BCUT2D eigenvalue weighted by atomic mass is 9.41. The molecule has 20 heteroatoms. The number of aliphatic hydroxyl groups is 14. The van der Waals surface area contributed by atoms with Crippen molar-refractivity contribution in [2.75, 3.05) is 19.8 Å². The second-order valence-electron chi connectivity index (χ2n) is 24.0. The highest BCUT2D eigenvalue weighted by Crippen LogP contribution is 2.89. The maximum absolute atomic E-state index is 12.3. The number of hydrogen-bond donors (Lipinski definition) is 14. The first kappa shape index (κ1) is 53.5. The quantitative estimate of drug-likeness (QED) is 0.0818. The van der Waals surface area contributed by atoms with Crippen molar-refractivity contribution in [2.24, 2.45) is 50.7 Å². The molecule has 394 valence electrons. The third-order valence-electron chi connectivity index (χ3n) is 19.8. The third-order valence-corrected chi connectivity index (χ3v) is 19.8. The molecule has 68 heavy (non-hydrogen) atoms. The summed E-state index contributed by atoms with van der Waals surface area (Å²) in [6, 6.07) is 0. The highest BCUT2D eigenvalue weighted by molar-refractivity contribution is 5.33. The molecule has 5 saturated carbocycles. The Morgan fingerprint density at radius 1 is 0.603 bits per heavy atom. The van der Waals surface area contributed by atoms with Crippen molar-refractivity contribution in [3.63, 3.8) is 0 Å². The number of rotatable bonds is 14. The summed E-state index contributed by atoms with van der Waals surface area (Å²) < 4.78 is 37.1. The zero-order valence-electron chi connectivity index (χ0n) is 40.5. The van der Waals surface area contributed by atoms with Crippen molar-refractivity contribution < 1.29 is 99.9 Å². The van der Waals surface area contributed by atoms with Crippen LogP contribution in [0.2, 0.25) is 0 Å². The maximum Gasteiger partial charge on any atom is 0.187 e. The van der Waals surface area contributed by atoms with Gasteiger partial charge in [0.25, 0.3) is 0 Å². The molecule has 0 aromatic heterocycles. The van der Waals surface area contributed by atoms with Gasteiger partial charge in [0.1, 0.15) is 73.2 Å². The van der Waals surface area contributed by atoms with E-state index >= 15 is 0 Å². The molecule has 8 rings (SSSR count). The van der Waals surface area contributed by atoms with Gasteiger partial charge in [-0.15, -0.1) is 0 Å². The van der Waals surface area contributed by atoms with Gasteiger partial charge >= 0.3 is 0 Å². The molecule has 5 aliphatic carbocycles. The van der Waals surface area contributed by atoms with Gasteiger partial charge in [0.15, 0.2) is 18.9 Å². The van der Waals surface area contributed by atoms with Crippen molar-refractivity contribution in [3.8, 4) is 0 Å². The van der Waals surface area contributed by atoms with Gasteiger partial charge in [0.05, 0.1) is 49.8 Å². The van der Waals surface area contributed by atoms with E-state index in [9.17, 15) is 71.5 Å². The first-order valence-electron chi connectivity index (χ1n) is 25.0. The molecule has 14 N–H and O–H groups in total. The molecule has 20 nitrogen and oxygen atoms in total. The van der Waals surface area contributed by atoms with E-state index in [1.165, 1.54) is 0 Å². The van der Waals surface area contributed by atoms with Gasteiger partial charge in [-0.2, -0.15) is 0 Å². The molecule has 8 fully saturated rings. The normalized spacial score (nSPS) is 54.2. The van der Waals surface area contributed by atoms with E-state index in [4.69, 9.17) is 28.4 Å². The van der Waals surface area contributed by atoms with Gasteiger partial charge in [-0.25, -0.2) is 0 Å². The second-order valence-corrected chi connectivity index (χ2v) is 24.0. The maximum atomic E-state index is 12.3. The van der Waals surface area contributed by atoms with Crippen LogP contribution < -0.4 is 0 Å². The SMILES string of the molecule is C[C@H](CC[C@H](O[C@@H]1O[C@H](CO)[C@@H](O)[C@H](O)[C@H]1O)C(C)(C)O)[C@H]1[C@@H](O)C[C@@]2(C)[C@@H]3C[C@H](O[C@@H]4O[C@H](CO)[C@@H](O)[C@H](O)[C@H]4O)[C@H]4C(C)(C)[C@@H](O[C@@H]5O[C@H](CO)[C@@H](O)[C@H](O)[C@H]5O)CC[C@@]45C[C@@]35CC[C@]12C. The van der Waals surface area contributed by atoms with Gasteiger partial charge in [0, 0.05) is 0 Å². The fourth-order valence-corrected chi connectivity index (χ4v) is 16.1. The van der Waals surface area contributed by atoms with E-state index in [-0.39, 0.29) is 40.9 Å². The van der Waals surface area contributed by atoms with Crippen molar-refractivity contribution in [1.82, 2.24) is 0 Å². The molecule has 3 aliphatic heterocycles. The average molecular weight is 979 g/mol. The summed E-state index contributed by atoms with van der Waals surface area (Å²) in [5, 5.41) is 150. The fraction of sp³-hybridized carbons (Fsp3) is 1.00. The van der Waals surface area contributed by atoms with Crippen LogP contribution in [0.1, 0.15) is 106 Å². The molecule has 27 atom stereocenters. The molecule has 0 radical (unpaired) electrons. The van der Waals surface area contributed by atoms with E-state index in [0.717, 1.165) is 19.3 Å². The summed E-state index contributed by atoms with van der Waals surface area (Å²) >= 11 is 0. The second kappa shape index (κ2) is 18.8. The Bertz CT molecular complexity index is 1750. The molecule has 0 aromatic carbocycles. The zero-order chi connectivity index (χ0) is 50.0. The molecule has 0 aromatic rings. The Balaban J connectivity index is 1.07. The monoisotopic (exact) mass is 979 g/mol. The van der Waals surface area contributed by atoms with Crippen LogP contribution in [0.3, 0.4) is 0 Å². The Morgan fingerprint density at radius 3 is 1.62 bits per heavy atom. The number of ether oxygens (including phenoxy) is 6. The van der Waals surface area contributed by atoms with Crippen LogP contribution in [0.5, 0.6) is 0 Å². The molecule has 0 bridgehead atoms. The van der Waals surface area contributed by atoms with Gasteiger partial charge in [-0.05, 0) is 122 Å². The third kappa shape index (κ3) is 8.28. The van der Waals surface area contributed by atoms with Crippen LogP contribution in [-0.2, 0) is 28.4 Å². The summed E-state index contributed by atoms with van der Waals surface area (Å²) in [5.74, 6) is -0.590. The lowest BCUT2D eigenvalue weighted by Gasteiger charge is -2.65. The molecular weight excluding hydrogens is 897 g/mol. The fourth-order valence-electron chi connectivity index (χ4n) is 16.1. The largest absolute Gasteiger partial charge is 0.394 e. The van der Waals surface area contributed by atoms with Gasteiger partial charge in [0.2, 0.25) is 0 Å². The summed E-state index contributed by atoms with van der Waals surface area (Å²) in [6.07, 6.45) is -19.8. The zero-order valence-corrected chi connectivity index (χ0v) is 40.5. The summed E-state index contributed by atoms with van der Waals surface area (Å²) in [6.45, 7) is 12.0. The topological polar surface area (TPSA) is 339 Å². The summed E-state index contributed by atoms with van der Waals surface area (Å²) in [5.41, 5.74) is -3.56. The minimum Gasteiger partial charge on any atom is -0.394 e. The van der Waals surface area contributed by atoms with Crippen molar-refractivity contribution in [2.45, 2.75) is 228 Å². The van der Waals surface area contributed by atoms with E-state index < -0.39 is 158 Å². The van der Waals surface area contributed by atoms with Crippen LogP contribution in [0.25, 0.3) is 0 Å². The molecule has 3 saturated heterocycles. The predicted molar refractivity (Wildman–Crippen MR) is 234 cm³/mol. The van der Waals surface area contributed by atoms with Crippen molar-refractivity contribution >= 4 is 0 Å². The average Bonchev–Trinajstić information content (AvgIpc) is 3.88. The molecular formula is C48H82O20. The minimum absolute atomic E-state index is 0.0101. The number of aliphatic hydroxyl groups excluding tert-OH is 13. The minimum atomic E-state index is -1.67. The predicted octanol–water partition coefficient (Wildman–Crippen LogP) is -2.25. The lowest BCUT2D eigenvalue weighted by Crippen LogP contribution is -2.65. The van der Waals surface area contributed by atoms with Gasteiger partial charge < -0.3 is 99.9 Å². The smallest absolute Gasteiger partial charge is 0.187 e. The van der Waals surface area contributed by atoms with Gasteiger partial charge in [-0.3, -0.25) is 0 Å². The standard InChI is InChI=1S/C48H82O20/c1-20(8-9-28(44(4,5)62)68-42-38(61)35(58)32(55)25(18-51)66-42)29-21(52)15-46(7)26-14-22(63-40-36(59)33(56)30(53)23(16-49)64-40)39-43(2,3)27(67-41-37(60)34(57)31(54)24(17-50)65-41)10-11-48(39)19-47(26,48)13-12-45(29,46)6/h20-42,49-62H,8-19H2,1-7H3/t20-,21+,22+,23-,24-,25-,26+,27+,28+,29+,30-,31-,32-,33+,34+,35+,36-,37-,38-,39+,40-,41+,42+,45-,46+,47+,48-/m1/s1. The molecule has 0 amide bonds. The molecule has 0 unspecified atom stereocenters. The summed E-state index contributed by atoms with van der Waals surface area (Å²) in [4.78, 5) is 0. The molecule has 2 spiro atoms. The Labute approximate surface area is 398 Å². The first-order chi connectivity index (χ1) is 31.7. The first-order valence-corrected chi connectivity index (χ1v) is 25.0. The number of hydrogen-bond acceptors (Lipinski definition) is 20. The van der Waals surface area contributed by atoms with E-state index in [2.05, 4.69) is 34.6 Å². The van der Waals surface area contributed by atoms with Gasteiger partial charge in [-0.1, -0.05) is 34.6 Å². The van der Waals surface area contributed by atoms with E-state index in [1.807, 2.05) is 0 Å². The summed E-state index contributed by atoms with van der Waals surface area (Å²) in [7, 11) is 0. The molecule has 3 heterocycles. The highest BCUT2D eigenvalue weighted by atomic mass is 16.7. The Morgan fingerprint density at radius 2 is 1.10 bits per heavy atom. The van der Waals surface area contributed by atoms with E-state index in [1.54, 1.807) is 13.8 Å². The lowest BCUT2D eigenvalue weighted by molar-refractivity contribution is -0.345. The van der Waals surface area contributed by atoms with Crippen molar-refractivity contribution in [1.29, 1.82) is 0 Å². The van der Waals surface area contributed by atoms with Crippen molar-refractivity contribution in [3.05, 3.63) is 0 Å². The molecule has 8 aliphatic rings. The Hall–Kier alpha value is -0.800. The number of fused-ring (bicyclic) bond motifs is 2. The van der Waals surface area contributed by atoms with Crippen LogP contribution in [0.15, 0.2) is 0 Å². The van der Waals surface area contributed by atoms with Crippen LogP contribution >= 0.6 is 0 Å².